The second kappa shape index (κ2) is 16.1. The third-order valence-electron chi connectivity index (χ3n) is 7.97. The van der Waals surface area contributed by atoms with E-state index in [0.717, 1.165) is 16.7 Å². The van der Waals surface area contributed by atoms with Crippen molar-refractivity contribution in [3.63, 3.8) is 0 Å². The van der Waals surface area contributed by atoms with Crippen LogP contribution in [0.2, 0.25) is 0 Å². The molecule has 8 nitrogen and oxygen atoms in total. The molecule has 3 atom stereocenters. The molecule has 4 rings (SSSR count). The fraction of sp³-hybridized carbons (Fsp3) is 0.417. The quantitative estimate of drug-likeness (QED) is 0.333. The van der Waals surface area contributed by atoms with E-state index in [1.54, 1.807) is 0 Å². The molecule has 0 spiro atoms. The van der Waals surface area contributed by atoms with Crippen LogP contribution in [-0.2, 0) is 33.6 Å². The van der Waals surface area contributed by atoms with Gasteiger partial charge in [0, 0.05) is 13.0 Å². The summed E-state index contributed by atoms with van der Waals surface area (Å²) in [6.07, 6.45) is 1.72. The van der Waals surface area contributed by atoms with Crippen LogP contribution in [0.4, 0.5) is 0 Å². The van der Waals surface area contributed by atoms with Crippen LogP contribution in [0.1, 0.15) is 50.8 Å². The molecule has 0 fully saturated rings. The molecular formula is C36H46N4O4. The van der Waals surface area contributed by atoms with Gasteiger partial charge in [-0.05, 0) is 79.2 Å². The Kier molecular flexibility index (Phi) is 11.9. The number of benzene rings is 3. The molecule has 0 aliphatic carbocycles. The Morgan fingerprint density at radius 2 is 1.50 bits per heavy atom. The summed E-state index contributed by atoms with van der Waals surface area (Å²) in [5, 5.41) is 9.06. The van der Waals surface area contributed by atoms with Crippen LogP contribution in [0, 0.1) is 5.92 Å². The second-order valence-electron chi connectivity index (χ2n) is 11.8. The Morgan fingerprint density at radius 3 is 2.11 bits per heavy atom. The highest BCUT2D eigenvalue weighted by molar-refractivity contribution is 5.93. The van der Waals surface area contributed by atoms with Crippen LogP contribution in [0.15, 0.2) is 78.9 Å². The highest BCUT2D eigenvalue weighted by Gasteiger charge is 2.31. The number of nitrogens with zero attached hydrogens (tertiary/aromatic N) is 1. The Bertz CT molecular complexity index is 1390. The van der Waals surface area contributed by atoms with Crippen molar-refractivity contribution in [3.8, 4) is 11.5 Å². The Labute approximate surface area is 261 Å². The lowest BCUT2D eigenvalue weighted by Crippen LogP contribution is -2.57. The van der Waals surface area contributed by atoms with Gasteiger partial charge in [-0.1, -0.05) is 82.3 Å². The summed E-state index contributed by atoms with van der Waals surface area (Å²) in [5.41, 5.74) is 2.88. The van der Waals surface area contributed by atoms with Gasteiger partial charge in [0.1, 0.15) is 23.6 Å². The minimum atomic E-state index is -0.831. The average Bonchev–Trinajstić information content (AvgIpc) is 3.02. The van der Waals surface area contributed by atoms with E-state index in [1.165, 1.54) is 0 Å². The number of fused-ring (bicyclic) bond motifs is 4. The van der Waals surface area contributed by atoms with Crippen molar-refractivity contribution in [1.29, 1.82) is 0 Å². The molecule has 44 heavy (non-hydrogen) atoms. The first-order valence-electron chi connectivity index (χ1n) is 15.8. The van der Waals surface area contributed by atoms with E-state index in [4.69, 9.17) is 4.74 Å². The predicted molar refractivity (Wildman–Crippen MR) is 174 cm³/mol. The van der Waals surface area contributed by atoms with Gasteiger partial charge in [-0.15, -0.1) is 0 Å². The van der Waals surface area contributed by atoms with E-state index >= 15 is 0 Å². The van der Waals surface area contributed by atoms with Gasteiger partial charge in [-0.25, -0.2) is 0 Å². The molecule has 0 unspecified atom stereocenters. The van der Waals surface area contributed by atoms with Crippen molar-refractivity contribution < 1.29 is 19.1 Å². The number of ether oxygens (including phenoxy) is 1. The summed E-state index contributed by atoms with van der Waals surface area (Å²) in [6, 6.07) is 23.1. The highest BCUT2D eigenvalue weighted by atomic mass is 16.5. The average molecular weight is 599 g/mol. The van der Waals surface area contributed by atoms with E-state index in [9.17, 15) is 14.4 Å². The molecule has 1 aliphatic rings. The Balaban J connectivity index is 1.73. The van der Waals surface area contributed by atoms with Gasteiger partial charge in [-0.3, -0.25) is 19.3 Å². The summed E-state index contributed by atoms with van der Waals surface area (Å²) < 4.78 is 6.22. The SMILES string of the molecule is CCN(CC)[C@H]1Cc2cccc(c2)Oc2cccc(c2)C[C@@H](C(=O)NCC(C)C)NC(=O)[C@H](CCc2ccccc2)NC1=O. The molecule has 0 saturated carbocycles. The molecule has 1 heterocycles. The molecular weight excluding hydrogens is 552 g/mol. The molecule has 234 valence electrons. The fourth-order valence-corrected chi connectivity index (χ4v) is 5.52. The molecule has 0 radical (unpaired) electrons. The largest absolute Gasteiger partial charge is 0.457 e. The molecule has 1 aliphatic heterocycles. The van der Waals surface area contributed by atoms with E-state index in [2.05, 4.69) is 20.9 Å². The van der Waals surface area contributed by atoms with Gasteiger partial charge in [0.25, 0.3) is 0 Å². The van der Waals surface area contributed by atoms with Gasteiger partial charge in [0.2, 0.25) is 17.7 Å². The smallest absolute Gasteiger partial charge is 0.243 e. The van der Waals surface area contributed by atoms with Crippen molar-refractivity contribution >= 4 is 17.7 Å². The zero-order valence-electron chi connectivity index (χ0n) is 26.3. The number of likely N-dealkylation sites (N-methyl/N-ethyl adjacent to an activating group) is 1. The van der Waals surface area contributed by atoms with Crippen LogP contribution < -0.4 is 20.7 Å². The number of rotatable bonds is 9. The Morgan fingerprint density at radius 1 is 0.864 bits per heavy atom. The normalized spacial score (nSPS) is 19.2. The first-order chi connectivity index (χ1) is 21.2. The monoisotopic (exact) mass is 598 g/mol. The molecule has 3 aromatic carbocycles. The standard InChI is InChI=1S/C36H46N4O4/c1-5-40(6-2)33-23-28-15-11-17-30(21-28)44-29-16-10-14-27(20-29)22-32(34(41)37-24-25(3)4)39-35(42)31(38-36(33)43)19-18-26-12-8-7-9-13-26/h7-17,20-21,25,31-33H,5-6,18-19,22-24H2,1-4H3,(H,37,41)(H,38,43)(H,39,42)/t31-,32-,33-/m0/s1. The lowest BCUT2D eigenvalue weighted by molar-refractivity contribution is -0.134. The number of aryl methyl sites for hydroxylation is 1. The van der Waals surface area contributed by atoms with Crippen LogP contribution in [0.3, 0.4) is 0 Å². The molecule has 4 bridgehead atoms. The third kappa shape index (κ3) is 9.41. The minimum Gasteiger partial charge on any atom is -0.457 e. The zero-order valence-corrected chi connectivity index (χ0v) is 26.3. The molecule has 0 aromatic heterocycles. The van der Waals surface area contributed by atoms with Gasteiger partial charge in [0.05, 0.1) is 6.04 Å². The minimum absolute atomic E-state index is 0.216. The Hall–Kier alpha value is -4.17. The van der Waals surface area contributed by atoms with Gasteiger partial charge in [0.15, 0.2) is 0 Å². The molecule has 3 N–H and O–H groups in total. The highest BCUT2D eigenvalue weighted by Crippen LogP contribution is 2.25. The van der Waals surface area contributed by atoms with Crippen LogP contribution in [0.25, 0.3) is 0 Å². The van der Waals surface area contributed by atoms with Gasteiger partial charge in [-0.2, -0.15) is 0 Å². The fourth-order valence-electron chi connectivity index (χ4n) is 5.52. The number of hydrogen-bond donors (Lipinski definition) is 3. The first kappa shape index (κ1) is 32.7. The van der Waals surface area contributed by atoms with E-state index < -0.39 is 18.1 Å². The van der Waals surface area contributed by atoms with Crippen LogP contribution >= 0.6 is 0 Å². The van der Waals surface area contributed by atoms with Crippen molar-refractivity contribution in [2.45, 2.75) is 71.5 Å². The van der Waals surface area contributed by atoms with Crippen molar-refractivity contribution in [2.75, 3.05) is 19.6 Å². The first-order valence-corrected chi connectivity index (χ1v) is 15.8. The van der Waals surface area contributed by atoms with E-state index in [1.807, 2.05) is 107 Å². The zero-order chi connectivity index (χ0) is 31.5. The number of amides is 3. The van der Waals surface area contributed by atoms with Gasteiger partial charge >= 0.3 is 0 Å². The van der Waals surface area contributed by atoms with E-state index in [0.29, 0.717) is 50.4 Å². The number of nitrogens with one attached hydrogen (secondary N) is 3. The van der Waals surface area contributed by atoms with Crippen LogP contribution in [0.5, 0.6) is 11.5 Å². The number of hydrogen-bond acceptors (Lipinski definition) is 5. The third-order valence-corrected chi connectivity index (χ3v) is 7.97. The maximum absolute atomic E-state index is 14.0. The van der Waals surface area contributed by atoms with Crippen molar-refractivity contribution in [1.82, 2.24) is 20.9 Å². The molecule has 3 aromatic rings. The predicted octanol–water partition coefficient (Wildman–Crippen LogP) is 4.66. The maximum Gasteiger partial charge on any atom is 0.243 e. The molecule has 3 amide bonds. The summed E-state index contributed by atoms with van der Waals surface area (Å²) in [5.74, 6) is 0.707. The van der Waals surface area contributed by atoms with Crippen LogP contribution in [-0.4, -0.2) is 60.4 Å². The number of carbonyl (C=O) groups is 3. The van der Waals surface area contributed by atoms with Gasteiger partial charge < -0.3 is 20.7 Å². The van der Waals surface area contributed by atoms with Crippen molar-refractivity contribution in [3.05, 3.63) is 95.6 Å². The summed E-state index contributed by atoms with van der Waals surface area (Å²) in [7, 11) is 0. The molecule has 0 saturated heterocycles. The van der Waals surface area contributed by atoms with E-state index in [-0.39, 0.29) is 30.1 Å². The lowest BCUT2D eigenvalue weighted by Gasteiger charge is -2.31. The summed E-state index contributed by atoms with van der Waals surface area (Å²) in [6.45, 7) is 9.95. The number of carbonyl (C=O) groups excluding carboxylic acids is 3. The summed E-state index contributed by atoms with van der Waals surface area (Å²) >= 11 is 0. The second-order valence-corrected chi connectivity index (χ2v) is 11.8. The summed E-state index contributed by atoms with van der Waals surface area (Å²) in [4.78, 5) is 43.5. The lowest BCUT2D eigenvalue weighted by atomic mass is 10.00. The maximum atomic E-state index is 14.0. The van der Waals surface area contributed by atoms with Crippen molar-refractivity contribution in [2.24, 2.45) is 5.92 Å². The topological polar surface area (TPSA) is 99.8 Å². The molecule has 8 heteroatoms.